The van der Waals surface area contributed by atoms with Gasteiger partial charge in [0.25, 0.3) is 0 Å². The first-order valence-electron chi connectivity index (χ1n) is 11.0. The third kappa shape index (κ3) is 3.64. The maximum absolute atomic E-state index is 13.7. The van der Waals surface area contributed by atoms with Crippen molar-refractivity contribution in [1.29, 1.82) is 0 Å². The molecule has 0 radical (unpaired) electrons. The van der Waals surface area contributed by atoms with Crippen LogP contribution in [0.25, 0.3) is 0 Å². The summed E-state index contributed by atoms with van der Waals surface area (Å²) >= 11 is 0. The normalized spacial score (nSPS) is 26.3. The largest absolute Gasteiger partial charge is 0.497 e. The van der Waals surface area contributed by atoms with Crippen LogP contribution in [0.3, 0.4) is 0 Å². The maximum atomic E-state index is 13.7. The number of fused-ring (bicyclic) bond motifs is 1. The average molecular weight is 452 g/mol. The van der Waals surface area contributed by atoms with Crippen LogP contribution in [0.1, 0.15) is 25.5 Å². The second-order valence-corrected chi connectivity index (χ2v) is 8.75. The van der Waals surface area contributed by atoms with Crippen molar-refractivity contribution in [2.75, 3.05) is 37.6 Å². The van der Waals surface area contributed by atoms with Crippen molar-refractivity contribution in [1.82, 2.24) is 5.32 Å². The van der Waals surface area contributed by atoms with Crippen LogP contribution in [0.2, 0.25) is 0 Å². The van der Waals surface area contributed by atoms with Gasteiger partial charge in [-0.2, -0.15) is 0 Å². The molecule has 33 heavy (non-hydrogen) atoms. The van der Waals surface area contributed by atoms with Crippen molar-refractivity contribution >= 4 is 29.2 Å². The highest BCUT2D eigenvalue weighted by molar-refractivity contribution is 6.24. The molecule has 4 atom stereocenters. The van der Waals surface area contributed by atoms with Crippen LogP contribution in [-0.2, 0) is 19.1 Å². The Hall–Kier alpha value is -3.39. The van der Waals surface area contributed by atoms with E-state index >= 15 is 0 Å². The first-order chi connectivity index (χ1) is 15.7. The molecule has 8 heteroatoms. The molecule has 8 nitrogen and oxygen atoms in total. The van der Waals surface area contributed by atoms with E-state index in [1.807, 2.05) is 43.3 Å². The van der Waals surface area contributed by atoms with Gasteiger partial charge in [0.15, 0.2) is 0 Å². The van der Waals surface area contributed by atoms with E-state index in [4.69, 9.17) is 9.47 Å². The van der Waals surface area contributed by atoms with Gasteiger partial charge in [-0.05, 0) is 43.7 Å². The Kier molecular flexibility index (Phi) is 5.88. The van der Waals surface area contributed by atoms with Crippen molar-refractivity contribution in [2.45, 2.75) is 25.4 Å². The van der Waals surface area contributed by atoms with Gasteiger partial charge >= 0.3 is 5.97 Å². The van der Waals surface area contributed by atoms with Crippen molar-refractivity contribution < 1.29 is 23.9 Å². The number of hydrogen-bond donors (Lipinski definition) is 1. The van der Waals surface area contributed by atoms with Gasteiger partial charge < -0.3 is 14.4 Å². The van der Waals surface area contributed by atoms with Crippen molar-refractivity contribution in [3.8, 4) is 5.75 Å². The molecule has 1 N–H and O–H groups in total. The molecule has 2 amide bonds. The summed E-state index contributed by atoms with van der Waals surface area (Å²) in [5.41, 5.74) is 0.920. The zero-order valence-corrected chi connectivity index (χ0v) is 19.5. The average Bonchev–Trinajstić information content (AvgIpc) is 3.27. The molecule has 2 aromatic rings. The van der Waals surface area contributed by atoms with E-state index in [9.17, 15) is 14.4 Å². The quantitative estimate of drug-likeness (QED) is 0.533. The topological polar surface area (TPSA) is 88.2 Å². The summed E-state index contributed by atoms with van der Waals surface area (Å²) in [6.45, 7) is 3.55. The SMILES string of the molecule is CCOC(=O)[C@@]1(C)N[C@@H](c2ccc(N(C)C)cc2)[C@H]2C(=O)N(c3cccc(OC)c3)C(=O)[C@H]21. The summed E-state index contributed by atoms with van der Waals surface area (Å²) in [6, 6.07) is 14.0. The summed E-state index contributed by atoms with van der Waals surface area (Å²) in [4.78, 5) is 43.5. The van der Waals surface area contributed by atoms with E-state index in [1.54, 1.807) is 38.1 Å². The molecule has 2 fully saturated rings. The number of carbonyl (C=O) groups is 3. The Morgan fingerprint density at radius 2 is 1.82 bits per heavy atom. The molecule has 2 heterocycles. The molecule has 2 saturated heterocycles. The predicted octanol–water partition coefficient (Wildman–Crippen LogP) is 2.53. The lowest BCUT2D eigenvalue weighted by atomic mass is 9.80. The number of imide groups is 1. The van der Waals surface area contributed by atoms with Crippen LogP contribution in [0, 0.1) is 11.8 Å². The lowest BCUT2D eigenvalue weighted by molar-refractivity contribution is -0.153. The lowest BCUT2D eigenvalue weighted by Crippen LogP contribution is -2.54. The number of hydrogen-bond acceptors (Lipinski definition) is 7. The van der Waals surface area contributed by atoms with Gasteiger partial charge in [0.2, 0.25) is 11.8 Å². The highest BCUT2D eigenvalue weighted by Crippen LogP contribution is 2.50. The van der Waals surface area contributed by atoms with Gasteiger partial charge in [-0.25, -0.2) is 4.90 Å². The van der Waals surface area contributed by atoms with Crippen molar-refractivity contribution in [3.63, 3.8) is 0 Å². The van der Waals surface area contributed by atoms with E-state index in [2.05, 4.69) is 5.32 Å². The molecule has 0 unspecified atom stereocenters. The minimum atomic E-state index is -1.34. The number of amides is 2. The third-order valence-electron chi connectivity index (χ3n) is 6.57. The molecule has 0 spiro atoms. The summed E-state index contributed by atoms with van der Waals surface area (Å²) in [6.07, 6.45) is 0. The van der Waals surface area contributed by atoms with Crippen molar-refractivity contribution in [3.05, 3.63) is 54.1 Å². The highest BCUT2D eigenvalue weighted by Gasteiger charge is 2.67. The highest BCUT2D eigenvalue weighted by atomic mass is 16.5. The van der Waals surface area contributed by atoms with E-state index < -0.39 is 35.3 Å². The fraction of sp³-hybridized carbons (Fsp3) is 0.400. The Morgan fingerprint density at radius 1 is 1.12 bits per heavy atom. The van der Waals surface area contributed by atoms with Gasteiger partial charge in [-0.1, -0.05) is 18.2 Å². The number of nitrogens with one attached hydrogen (secondary N) is 1. The van der Waals surface area contributed by atoms with Crippen LogP contribution < -0.4 is 19.9 Å². The molecule has 2 aliphatic rings. The molecular weight excluding hydrogens is 422 g/mol. The number of rotatable bonds is 6. The Morgan fingerprint density at radius 3 is 2.42 bits per heavy atom. The monoisotopic (exact) mass is 451 g/mol. The molecule has 174 valence electrons. The van der Waals surface area contributed by atoms with Crippen LogP contribution in [0.4, 0.5) is 11.4 Å². The van der Waals surface area contributed by atoms with Crippen LogP contribution in [0.5, 0.6) is 5.75 Å². The van der Waals surface area contributed by atoms with E-state index in [0.717, 1.165) is 11.3 Å². The molecule has 0 aliphatic carbocycles. The smallest absolute Gasteiger partial charge is 0.326 e. The van der Waals surface area contributed by atoms with Gasteiger partial charge in [-0.3, -0.25) is 19.7 Å². The number of anilines is 2. The predicted molar refractivity (Wildman–Crippen MR) is 124 cm³/mol. The van der Waals surface area contributed by atoms with Crippen molar-refractivity contribution in [2.24, 2.45) is 11.8 Å². The second-order valence-electron chi connectivity index (χ2n) is 8.75. The molecule has 0 saturated carbocycles. The summed E-state index contributed by atoms with van der Waals surface area (Å²) in [5, 5.41) is 3.29. The molecule has 2 aliphatic heterocycles. The van der Waals surface area contributed by atoms with Crippen LogP contribution in [-0.4, -0.2) is 51.1 Å². The number of methoxy groups -OCH3 is 1. The number of carbonyl (C=O) groups excluding carboxylic acids is 3. The molecular formula is C25H29N3O5. The summed E-state index contributed by atoms with van der Waals surface area (Å²) in [7, 11) is 5.42. The van der Waals surface area contributed by atoms with Gasteiger partial charge in [0.05, 0.1) is 31.2 Å². The second kappa shape index (κ2) is 8.51. The van der Waals surface area contributed by atoms with E-state index in [-0.39, 0.29) is 12.5 Å². The van der Waals surface area contributed by atoms with E-state index in [0.29, 0.717) is 11.4 Å². The maximum Gasteiger partial charge on any atom is 0.326 e. The number of benzene rings is 2. The molecule has 0 bridgehead atoms. The lowest BCUT2D eigenvalue weighted by Gasteiger charge is -2.29. The summed E-state index contributed by atoms with van der Waals surface area (Å²) in [5.74, 6) is -2.42. The van der Waals surface area contributed by atoms with Gasteiger partial charge in [0, 0.05) is 31.9 Å². The third-order valence-corrected chi connectivity index (χ3v) is 6.57. The molecule has 2 aromatic carbocycles. The number of nitrogens with zero attached hydrogens (tertiary/aromatic N) is 2. The first kappa shape index (κ1) is 22.8. The molecule has 0 aromatic heterocycles. The zero-order chi connectivity index (χ0) is 23.9. The minimum absolute atomic E-state index is 0.178. The van der Waals surface area contributed by atoms with Gasteiger partial charge in [0.1, 0.15) is 11.3 Å². The fourth-order valence-electron chi connectivity index (χ4n) is 4.88. The summed E-state index contributed by atoms with van der Waals surface area (Å²) < 4.78 is 10.6. The minimum Gasteiger partial charge on any atom is -0.497 e. The zero-order valence-electron chi connectivity index (χ0n) is 19.5. The van der Waals surface area contributed by atoms with Crippen LogP contribution in [0.15, 0.2) is 48.5 Å². The fourth-order valence-corrected chi connectivity index (χ4v) is 4.88. The number of ether oxygens (including phenoxy) is 2. The first-order valence-corrected chi connectivity index (χ1v) is 11.0. The van der Waals surface area contributed by atoms with Crippen LogP contribution >= 0.6 is 0 Å². The van der Waals surface area contributed by atoms with Gasteiger partial charge in [-0.15, -0.1) is 0 Å². The van der Waals surface area contributed by atoms with E-state index in [1.165, 1.54) is 12.0 Å². The Labute approximate surface area is 193 Å². The Balaban J connectivity index is 1.79. The standard InChI is InChI=1S/C25H29N3O5/c1-6-33-24(31)25(2)20-19(21(26-25)15-10-12-16(13-11-15)27(3)4)22(29)28(23(20)30)17-8-7-9-18(14-17)32-5/h7-14,19-21,26H,6H2,1-5H3/t19-,20-,21-,25-/m0/s1. The Bertz CT molecular complexity index is 1080. The number of esters is 1. The molecule has 4 rings (SSSR count).